The van der Waals surface area contributed by atoms with Gasteiger partial charge in [0.1, 0.15) is 0 Å². The number of hydrogen-bond donors (Lipinski definition) is 2. The van der Waals surface area contributed by atoms with Crippen molar-refractivity contribution in [3.8, 4) is 0 Å². The van der Waals surface area contributed by atoms with E-state index in [-0.39, 0.29) is 11.6 Å². The lowest BCUT2D eigenvalue weighted by atomic mass is 9.66. The average Bonchev–Trinajstić information content (AvgIpc) is 2.02. The Hall–Kier alpha value is -0.340. The summed E-state index contributed by atoms with van der Waals surface area (Å²) in [6, 6.07) is 0.282. The second kappa shape index (κ2) is 2.86. The monoisotopic (exact) mass is 166 g/mol. The van der Waals surface area contributed by atoms with Gasteiger partial charge in [0.05, 0.1) is 0 Å². The van der Waals surface area contributed by atoms with Crippen LogP contribution in [0.1, 0.15) is 32.1 Å². The molecule has 1 saturated carbocycles. The van der Waals surface area contributed by atoms with Crippen LogP contribution in [0.2, 0.25) is 0 Å². The molecule has 2 atom stereocenters. The molecular weight excluding hydrogens is 148 g/mol. The van der Waals surface area contributed by atoms with E-state index >= 15 is 0 Å². The van der Waals surface area contributed by atoms with E-state index in [0.717, 1.165) is 6.42 Å². The maximum absolute atomic E-state index is 6.23. The highest BCUT2D eigenvalue weighted by atomic mass is 14.8. The molecule has 2 aliphatic rings. The maximum Gasteiger partial charge on any atom is 0.0224 e. The highest BCUT2D eigenvalue weighted by Gasteiger charge is 2.39. The topological polar surface area (TPSA) is 52.0 Å². The van der Waals surface area contributed by atoms with Crippen molar-refractivity contribution in [2.45, 2.75) is 43.7 Å². The maximum atomic E-state index is 6.23. The molecule has 0 saturated heterocycles. The van der Waals surface area contributed by atoms with Crippen molar-refractivity contribution in [1.82, 2.24) is 0 Å². The molecular formula is C10H18N2. The first-order valence-electron chi connectivity index (χ1n) is 4.93. The molecule has 0 unspecified atom stereocenters. The van der Waals surface area contributed by atoms with Gasteiger partial charge in [0.25, 0.3) is 0 Å². The molecule has 68 valence electrons. The van der Waals surface area contributed by atoms with E-state index in [0.29, 0.717) is 5.92 Å². The van der Waals surface area contributed by atoms with Crippen LogP contribution < -0.4 is 11.5 Å². The average molecular weight is 166 g/mol. The molecule has 0 aromatic carbocycles. The molecule has 0 aliphatic heterocycles. The standard InChI is InChI=1S/C10H18N2/c11-9-4-2-8(3-5-9)10(12)6-1-7-10/h2,4,8-9H,1,3,5-7,11-12H2/t8-,9+/m0/s1. The normalized spacial score (nSPS) is 39.2. The van der Waals surface area contributed by atoms with Gasteiger partial charge in [-0.05, 0) is 38.0 Å². The van der Waals surface area contributed by atoms with Crippen LogP contribution in [-0.2, 0) is 0 Å². The second-order valence-electron chi connectivity index (χ2n) is 4.32. The first kappa shape index (κ1) is 8.27. The zero-order valence-electron chi connectivity index (χ0n) is 7.50. The molecule has 1 fully saturated rings. The van der Waals surface area contributed by atoms with Gasteiger partial charge >= 0.3 is 0 Å². The Balaban J connectivity index is 2.01. The number of hydrogen-bond acceptors (Lipinski definition) is 2. The Bertz CT molecular complexity index is 194. The van der Waals surface area contributed by atoms with Crippen LogP contribution in [0, 0.1) is 5.92 Å². The molecule has 2 heteroatoms. The van der Waals surface area contributed by atoms with Crippen LogP contribution >= 0.6 is 0 Å². The zero-order chi connectivity index (χ0) is 8.60. The van der Waals surface area contributed by atoms with Crippen molar-refractivity contribution in [1.29, 1.82) is 0 Å². The van der Waals surface area contributed by atoms with E-state index in [1.807, 2.05) is 0 Å². The third kappa shape index (κ3) is 1.29. The second-order valence-corrected chi connectivity index (χ2v) is 4.32. The fourth-order valence-corrected chi connectivity index (χ4v) is 2.28. The van der Waals surface area contributed by atoms with Gasteiger partial charge in [-0.3, -0.25) is 0 Å². The first-order valence-corrected chi connectivity index (χ1v) is 4.93. The summed E-state index contributed by atoms with van der Waals surface area (Å²) in [4.78, 5) is 0. The zero-order valence-corrected chi connectivity index (χ0v) is 7.50. The minimum Gasteiger partial charge on any atom is -0.325 e. The summed E-state index contributed by atoms with van der Waals surface area (Å²) in [7, 11) is 0. The van der Waals surface area contributed by atoms with E-state index in [4.69, 9.17) is 11.5 Å². The Morgan fingerprint density at radius 2 is 1.92 bits per heavy atom. The van der Waals surface area contributed by atoms with Crippen molar-refractivity contribution < 1.29 is 0 Å². The lowest BCUT2D eigenvalue weighted by Gasteiger charge is -2.45. The van der Waals surface area contributed by atoms with Crippen molar-refractivity contribution in [3.63, 3.8) is 0 Å². The van der Waals surface area contributed by atoms with Crippen LogP contribution in [0.15, 0.2) is 12.2 Å². The Kier molecular flexibility index (Phi) is 1.97. The molecule has 0 amide bonds. The van der Waals surface area contributed by atoms with Gasteiger partial charge < -0.3 is 11.5 Å². The van der Waals surface area contributed by atoms with Crippen LogP contribution in [0.25, 0.3) is 0 Å². The first-order chi connectivity index (χ1) is 5.71. The smallest absolute Gasteiger partial charge is 0.0224 e. The van der Waals surface area contributed by atoms with Crippen LogP contribution in [0.5, 0.6) is 0 Å². The Morgan fingerprint density at radius 1 is 1.17 bits per heavy atom. The summed E-state index contributed by atoms with van der Waals surface area (Å²) >= 11 is 0. The Labute approximate surface area is 74.0 Å². The van der Waals surface area contributed by atoms with E-state index in [1.54, 1.807) is 0 Å². The van der Waals surface area contributed by atoms with Crippen molar-refractivity contribution in [2.24, 2.45) is 17.4 Å². The Morgan fingerprint density at radius 3 is 2.33 bits per heavy atom. The molecule has 0 radical (unpaired) electrons. The highest BCUT2D eigenvalue weighted by molar-refractivity contribution is 5.11. The van der Waals surface area contributed by atoms with Gasteiger partial charge in [0.15, 0.2) is 0 Å². The summed E-state index contributed by atoms with van der Waals surface area (Å²) < 4.78 is 0. The largest absolute Gasteiger partial charge is 0.325 e. The molecule has 4 N–H and O–H groups in total. The van der Waals surface area contributed by atoms with Crippen molar-refractivity contribution in [2.75, 3.05) is 0 Å². The molecule has 0 bridgehead atoms. The number of rotatable bonds is 1. The van der Waals surface area contributed by atoms with Crippen LogP contribution in [0.4, 0.5) is 0 Å². The fraction of sp³-hybridized carbons (Fsp3) is 0.800. The summed E-state index contributed by atoms with van der Waals surface area (Å²) in [5.74, 6) is 0.603. The molecule has 2 nitrogen and oxygen atoms in total. The fourth-order valence-electron chi connectivity index (χ4n) is 2.28. The van der Waals surface area contributed by atoms with Gasteiger partial charge in [-0.25, -0.2) is 0 Å². The van der Waals surface area contributed by atoms with Crippen LogP contribution in [0.3, 0.4) is 0 Å². The molecule has 0 spiro atoms. The van der Waals surface area contributed by atoms with Crippen molar-refractivity contribution >= 4 is 0 Å². The van der Waals surface area contributed by atoms with Crippen LogP contribution in [-0.4, -0.2) is 11.6 Å². The summed E-state index contributed by atoms with van der Waals surface area (Å²) in [6.45, 7) is 0. The minimum absolute atomic E-state index is 0.136. The minimum atomic E-state index is 0.136. The van der Waals surface area contributed by atoms with E-state index in [1.165, 1.54) is 25.7 Å². The third-order valence-corrected chi connectivity index (χ3v) is 3.42. The summed E-state index contributed by atoms with van der Waals surface area (Å²) in [5.41, 5.74) is 12.1. The summed E-state index contributed by atoms with van der Waals surface area (Å²) in [6.07, 6.45) is 10.4. The third-order valence-electron chi connectivity index (χ3n) is 3.42. The van der Waals surface area contributed by atoms with Gasteiger partial charge in [-0.1, -0.05) is 12.2 Å². The van der Waals surface area contributed by atoms with Gasteiger partial charge in [0.2, 0.25) is 0 Å². The van der Waals surface area contributed by atoms with Gasteiger partial charge in [-0.15, -0.1) is 0 Å². The molecule has 12 heavy (non-hydrogen) atoms. The number of nitrogens with two attached hydrogens (primary N) is 2. The van der Waals surface area contributed by atoms with Gasteiger partial charge in [-0.2, -0.15) is 0 Å². The predicted molar refractivity (Wildman–Crippen MR) is 50.6 cm³/mol. The lowest BCUT2D eigenvalue weighted by molar-refractivity contribution is 0.169. The molecule has 0 heterocycles. The van der Waals surface area contributed by atoms with Crippen molar-refractivity contribution in [3.05, 3.63) is 12.2 Å². The molecule has 0 aromatic rings. The molecule has 2 rings (SSSR count). The van der Waals surface area contributed by atoms with E-state index < -0.39 is 0 Å². The summed E-state index contributed by atoms with van der Waals surface area (Å²) in [5, 5.41) is 0. The van der Waals surface area contributed by atoms with Gasteiger partial charge in [0, 0.05) is 11.6 Å². The lowest BCUT2D eigenvalue weighted by Crippen LogP contribution is -2.53. The predicted octanol–water partition coefficient (Wildman–Crippen LogP) is 1.16. The SMILES string of the molecule is N[C@@H]1C=C[C@H](C2(N)CCC2)CC1. The van der Waals surface area contributed by atoms with E-state index in [2.05, 4.69) is 12.2 Å². The molecule has 2 aliphatic carbocycles. The quantitative estimate of drug-likeness (QED) is 0.574. The molecule has 0 aromatic heterocycles. The van der Waals surface area contributed by atoms with E-state index in [9.17, 15) is 0 Å². The highest BCUT2D eigenvalue weighted by Crippen LogP contribution is 2.40.